The van der Waals surface area contributed by atoms with Gasteiger partial charge in [-0.15, -0.1) is 0 Å². The predicted molar refractivity (Wildman–Crippen MR) is 109 cm³/mol. The second kappa shape index (κ2) is 8.71. The lowest BCUT2D eigenvalue weighted by atomic mass is 9.95. The highest BCUT2D eigenvalue weighted by atomic mass is 32.2. The standard InChI is InChI=1S/C20H33N3O3S/c1-13-14(2)16(4)20(17(5)15(13)3)27(25,26)22-10-9-19(24)21-11-12-23(6)18-7-8-18/h18,22H,7-12H2,1-6H3,(H,21,24). The summed E-state index contributed by atoms with van der Waals surface area (Å²) in [7, 11) is -1.59. The molecule has 0 bridgehead atoms. The fourth-order valence-electron chi connectivity index (χ4n) is 3.40. The van der Waals surface area contributed by atoms with Gasteiger partial charge < -0.3 is 10.2 Å². The highest BCUT2D eigenvalue weighted by Crippen LogP contribution is 2.29. The summed E-state index contributed by atoms with van der Waals surface area (Å²) in [6, 6.07) is 0.668. The molecule has 6 nitrogen and oxygen atoms in total. The second-order valence-corrected chi connectivity index (χ2v) is 9.37. The molecule has 1 amide bonds. The van der Waals surface area contributed by atoms with Crippen molar-refractivity contribution in [2.45, 2.75) is 64.8 Å². The third-order valence-corrected chi connectivity index (χ3v) is 7.53. The van der Waals surface area contributed by atoms with Crippen LogP contribution < -0.4 is 10.0 Å². The molecule has 2 N–H and O–H groups in total. The van der Waals surface area contributed by atoms with Gasteiger partial charge in [-0.2, -0.15) is 0 Å². The average molecular weight is 396 g/mol. The molecule has 0 radical (unpaired) electrons. The van der Waals surface area contributed by atoms with E-state index >= 15 is 0 Å². The van der Waals surface area contributed by atoms with E-state index in [-0.39, 0.29) is 18.9 Å². The Labute approximate surface area is 163 Å². The molecule has 0 aliphatic heterocycles. The maximum absolute atomic E-state index is 12.8. The Morgan fingerprint density at radius 1 is 0.963 bits per heavy atom. The molecule has 0 unspecified atom stereocenters. The van der Waals surface area contributed by atoms with Crippen LogP contribution in [0.4, 0.5) is 0 Å². The van der Waals surface area contributed by atoms with E-state index in [0.29, 0.717) is 17.5 Å². The lowest BCUT2D eigenvalue weighted by molar-refractivity contribution is -0.120. The van der Waals surface area contributed by atoms with Crippen molar-refractivity contribution >= 4 is 15.9 Å². The summed E-state index contributed by atoms with van der Waals surface area (Å²) >= 11 is 0. The number of likely N-dealkylation sites (N-methyl/N-ethyl adjacent to an activating group) is 1. The molecule has 1 aromatic carbocycles. The van der Waals surface area contributed by atoms with Crippen molar-refractivity contribution in [3.8, 4) is 0 Å². The van der Waals surface area contributed by atoms with E-state index in [1.807, 2.05) is 34.6 Å². The van der Waals surface area contributed by atoms with E-state index in [1.165, 1.54) is 12.8 Å². The van der Waals surface area contributed by atoms with Crippen LogP contribution in [0.25, 0.3) is 0 Å². The van der Waals surface area contributed by atoms with Crippen LogP contribution in [0, 0.1) is 34.6 Å². The highest BCUT2D eigenvalue weighted by Gasteiger charge is 2.26. The summed E-state index contributed by atoms with van der Waals surface area (Å²) < 4.78 is 28.2. The van der Waals surface area contributed by atoms with Crippen LogP contribution in [0.15, 0.2) is 4.90 Å². The zero-order chi connectivity index (χ0) is 20.4. The van der Waals surface area contributed by atoms with Crippen LogP contribution in [0.5, 0.6) is 0 Å². The lowest BCUT2D eigenvalue weighted by Crippen LogP contribution is -2.36. The summed E-state index contributed by atoms with van der Waals surface area (Å²) in [6.07, 6.45) is 2.61. The van der Waals surface area contributed by atoms with Crippen LogP contribution in [-0.4, -0.2) is 51.9 Å². The van der Waals surface area contributed by atoms with Gasteiger partial charge in [-0.1, -0.05) is 0 Å². The van der Waals surface area contributed by atoms with Gasteiger partial charge in [0, 0.05) is 32.1 Å². The molecule has 0 saturated heterocycles. The van der Waals surface area contributed by atoms with Crippen molar-refractivity contribution in [3.63, 3.8) is 0 Å². The van der Waals surface area contributed by atoms with E-state index in [2.05, 4.69) is 22.0 Å². The molecule has 27 heavy (non-hydrogen) atoms. The summed E-state index contributed by atoms with van der Waals surface area (Å²) in [5.74, 6) is -0.133. The van der Waals surface area contributed by atoms with Crippen LogP contribution in [0.2, 0.25) is 0 Å². The van der Waals surface area contributed by atoms with Crippen molar-refractivity contribution < 1.29 is 13.2 Å². The van der Waals surface area contributed by atoms with Gasteiger partial charge in [-0.25, -0.2) is 13.1 Å². The van der Waals surface area contributed by atoms with Gasteiger partial charge in [0.15, 0.2) is 0 Å². The number of hydrogen-bond donors (Lipinski definition) is 2. The fraction of sp³-hybridized carbons (Fsp3) is 0.650. The minimum atomic E-state index is -3.65. The van der Waals surface area contributed by atoms with Crippen molar-refractivity contribution in [2.75, 3.05) is 26.7 Å². The van der Waals surface area contributed by atoms with Crippen LogP contribution in [0.3, 0.4) is 0 Å². The number of rotatable bonds is 9. The van der Waals surface area contributed by atoms with Crippen molar-refractivity contribution in [2.24, 2.45) is 0 Å². The molecular formula is C20H33N3O3S. The first-order valence-electron chi connectivity index (χ1n) is 9.59. The monoisotopic (exact) mass is 395 g/mol. The number of benzene rings is 1. The Morgan fingerprint density at radius 2 is 1.48 bits per heavy atom. The van der Waals surface area contributed by atoms with Crippen LogP contribution >= 0.6 is 0 Å². The molecule has 1 aliphatic carbocycles. The van der Waals surface area contributed by atoms with E-state index in [9.17, 15) is 13.2 Å². The van der Waals surface area contributed by atoms with Crippen LogP contribution in [-0.2, 0) is 14.8 Å². The van der Waals surface area contributed by atoms with Gasteiger partial charge in [0.1, 0.15) is 0 Å². The maximum atomic E-state index is 12.8. The largest absolute Gasteiger partial charge is 0.355 e. The molecule has 1 aromatic rings. The molecule has 152 valence electrons. The Hall–Kier alpha value is -1.44. The molecule has 7 heteroatoms. The molecule has 2 rings (SSSR count). The summed E-state index contributed by atoms with van der Waals surface area (Å²) in [5, 5.41) is 2.86. The Balaban J connectivity index is 1.90. The minimum Gasteiger partial charge on any atom is -0.355 e. The van der Waals surface area contributed by atoms with Gasteiger partial charge in [0.05, 0.1) is 4.90 Å². The molecule has 0 heterocycles. The zero-order valence-corrected chi connectivity index (χ0v) is 18.2. The molecule has 1 saturated carbocycles. The quantitative estimate of drug-likeness (QED) is 0.671. The Morgan fingerprint density at radius 3 is 2.00 bits per heavy atom. The number of nitrogens with one attached hydrogen (secondary N) is 2. The smallest absolute Gasteiger partial charge is 0.241 e. The normalized spacial score (nSPS) is 14.6. The van der Waals surface area contributed by atoms with Gasteiger partial charge >= 0.3 is 0 Å². The average Bonchev–Trinajstić information content (AvgIpc) is 3.43. The predicted octanol–water partition coefficient (Wildman–Crippen LogP) is 2.11. The van der Waals surface area contributed by atoms with Crippen molar-refractivity contribution in [1.82, 2.24) is 14.9 Å². The molecule has 0 spiro atoms. The SMILES string of the molecule is Cc1c(C)c(C)c(S(=O)(=O)NCCC(=O)NCCN(C)C2CC2)c(C)c1C. The van der Waals surface area contributed by atoms with Crippen molar-refractivity contribution in [1.29, 1.82) is 0 Å². The van der Waals surface area contributed by atoms with Crippen LogP contribution in [0.1, 0.15) is 47.1 Å². The number of nitrogens with zero attached hydrogens (tertiary/aromatic N) is 1. The fourth-order valence-corrected chi connectivity index (χ4v) is 5.03. The summed E-state index contributed by atoms with van der Waals surface area (Å²) in [6.45, 7) is 11.1. The maximum Gasteiger partial charge on any atom is 0.241 e. The first kappa shape index (κ1) is 21.9. The van der Waals surface area contributed by atoms with E-state index < -0.39 is 10.0 Å². The Bertz CT molecular complexity index is 785. The first-order valence-corrected chi connectivity index (χ1v) is 11.1. The van der Waals surface area contributed by atoms with E-state index in [1.54, 1.807) is 0 Å². The van der Waals surface area contributed by atoms with E-state index in [4.69, 9.17) is 0 Å². The highest BCUT2D eigenvalue weighted by molar-refractivity contribution is 7.89. The lowest BCUT2D eigenvalue weighted by Gasteiger charge is -2.19. The minimum absolute atomic E-state index is 0.0947. The van der Waals surface area contributed by atoms with E-state index in [0.717, 1.165) is 34.4 Å². The van der Waals surface area contributed by atoms with Gasteiger partial charge in [-0.3, -0.25) is 4.79 Å². The van der Waals surface area contributed by atoms with Crippen molar-refractivity contribution in [3.05, 3.63) is 27.8 Å². The molecule has 0 atom stereocenters. The Kier molecular flexibility index (Phi) is 7.05. The number of carbonyl (C=O) groups is 1. The van der Waals surface area contributed by atoms with Gasteiger partial charge in [0.2, 0.25) is 15.9 Å². The number of amides is 1. The number of hydrogen-bond acceptors (Lipinski definition) is 4. The number of sulfonamides is 1. The topological polar surface area (TPSA) is 78.5 Å². The van der Waals surface area contributed by atoms with Gasteiger partial charge in [0.25, 0.3) is 0 Å². The molecule has 1 fully saturated rings. The molecule has 1 aliphatic rings. The number of carbonyl (C=O) groups excluding carboxylic acids is 1. The zero-order valence-electron chi connectivity index (χ0n) is 17.4. The second-order valence-electron chi connectivity index (χ2n) is 7.66. The third kappa shape index (κ3) is 5.30. The van der Waals surface area contributed by atoms with Gasteiger partial charge in [-0.05, 0) is 82.3 Å². The first-order chi connectivity index (χ1) is 12.6. The third-order valence-electron chi connectivity index (χ3n) is 5.80. The summed E-state index contributed by atoms with van der Waals surface area (Å²) in [4.78, 5) is 14.5. The molecule has 0 aromatic heterocycles. The summed E-state index contributed by atoms with van der Waals surface area (Å²) in [5.41, 5.74) is 4.66. The molecular weight excluding hydrogens is 362 g/mol.